The summed E-state index contributed by atoms with van der Waals surface area (Å²) in [6.45, 7) is 3.76. The van der Waals surface area contributed by atoms with E-state index in [1.807, 2.05) is 25.1 Å². The Morgan fingerprint density at radius 3 is 2.05 bits per heavy atom. The summed E-state index contributed by atoms with van der Waals surface area (Å²) in [5.74, 6) is 0.838. The number of allylic oxidation sites excluding steroid dienone is 1. The van der Waals surface area contributed by atoms with E-state index in [2.05, 4.69) is 53.4 Å². The molecule has 0 heterocycles. The lowest BCUT2D eigenvalue weighted by Gasteiger charge is -2.25. The Kier molecular flexibility index (Phi) is 5.24. The van der Waals surface area contributed by atoms with Gasteiger partial charge in [0.2, 0.25) is 0 Å². The number of benzene rings is 2. The third-order valence-electron chi connectivity index (χ3n) is 3.39. The predicted octanol–water partition coefficient (Wildman–Crippen LogP) is 3.55. The molecule has 0 fully saturated rings. The van der Waals surface area contributed by atoms with Crippen molar-refractivity contribution in [3.8, 4) is 0 Å². The van der Waals surface area contributed by atoms with Crippen LogP contribution >= 0.6 is 0 Å². The Balaban J connectivity index is 2.01. The molecule has 2 nitrogen and oxygen atoms in total. The summed E-state index contributed by atoms with van der Waals surface area (Å²) in [7, 11) is 0. The lowest BCUT2D eigenvalue weighted by atomic mass is 10.1. The fourth-order valence-corrected chi connectivity index (χ4v) is 2.19. The quantitative estimate of drug-likeness (QED) is 0.866. The van der Waals surface area contributed by atoms with Crippen molar-refractivity contribution >= 4 is 0 Å². The maximum Gasteiger partial charge on any atom is 0.0945 e. The number of hydrogen-bond acceptors (Lipinski definition) is 2. The maximum absolute atomic E-state index is 6.12. The van der Waals surface area contributed by atoms with Gasteiger partial charge in [0.05, 0.1) is 5.82 Å². The minimum absolute atomic E-state index is 0.838. The van der Waals surface area contributed by atoms with Gasteiger partial charge in [-0.3, -0.25) is 0 Å². The number of rotatable bonds is 6. The van der Waals surface area contributed by atoms with Crippen LogP contribution in [0.2, 0.25) is 0 Å². The van der Waals surface area contributed by atoms with E-state index < -0.39 is 0 Å². The van der Waals surface area contributed by atoms with Crippen molar-refractivity contribution < 1.29 is 0 Å². The second kappa shape index (κ2) is 7.39. The molecular formula is C18H22N2. The van der Waals surface area contributed by atoms with E-state index in [1.165, 1.54) is 11.1 Å². The first kappa shape index (κ1) is 14.2. The monoisotopic (exact) mass is 266 g/mol. The van der Waals surface area contributed by atoms with E-state index in [-0.39, 0.29) is 0 Å². The molecule has 2 N–H and O–H groups in total. The van der Waals surface area contributed by atoms with Crippen LogP contribution in [0, 0.1) is 0 Å². The minimum atomic E-state index is 0.838. The van der Waals surface area contributed by atoms with Crippen molar-refractivity contribution in [1.82, 2.24) is 4.90 Å². The highest BCUT2D eigenvalue weighted by Gasteiger charge is 2.07. The van der Waals surface area contributed by atoms with Crippen molar-refractivity contribution in [2.24, 2.45) is 5.73 Å². The number of hydrogen-bond donors (Lipinski definition) is 1. The smallest absolute Gasteiger partial charge is 0.0945 e. The first-order valence-corrected chi connectivity index (χ1v) is 7.04. The topological polar surface area (TPSA) is 29.3 Å². The standard InChI is InChI=1S/C18H22N2/c1-2-18(19)20(15-17-11-7-4-8-12-17)14-13-16-9-5-3-6-10-16/h2-12H,13-15,19H2,1H3/b18-2-. The normalized spacial score (nSPS) is 11.3. The van der Waals surface area contributed by atoms with Gasteiger partial charge in [-0.25, -0.2) is 0 Å². The first-order valence-electron chi connectivity index (χ1n) is 7.04. The average molecular weight is 266 g/mol. The van der Waals surface area contributed by atoms with Crippen molar-refractivity contribution in [3.63, 3.8) is 0 Å². The Bertz CT molecular complexity index is 532. The van der Waals surface area contributed by atoms with Gasteiger partial charge >= 0.3 is 0 Å². The predicted molar refractivity (Wildman–Crippen MR) is 84.9 cm³/mol. The molecule has 0 saturated heterocycles. The summed E-state index contributed by atoms with van der Waals surface area (Å²) in [6, 6.07) is 21.0. The van der Waals surface area contributed by atoms with Crippen molar-refractivity contribution in [3.05, 3.63) is 83.7 Å². The van der Waals surface area contributed by atoms with E-state index in [4.69, 9.17) is 5.73 Å². The van der Waals surface area contributed by atoms with Gasteiger partial charge in [-0.05, 0) is 30.5 Å². The van der Waals surface area contributed by atoms with Gasteiger partial charge in [0.25, 0.3) is 0 Å². The SMILES string of the molecule is C/C=C(/N)N(CCc1ccccc1)Cc1ccccc1. The van der Waals surface area contributed by atoms with Crippen LogP contribution in [0.25, 0.3) is 0 Å². The van der Waals surface area contributed by atoms with Crippen LogP contribution < -0.4 is 5.73 Å². The van der Waals surface area contributed by atoms with E-state index in [1.54, 1.807) is 0 Å². The third-order valence-corrected chi connectivity index (χ3v) is 3.39. The van der Waals surface area contributed by atoms with Crippen LogP contribution in [0.3, 0.4) is 0 Å². The van der Waals surface area contributed by atoms with E-state index in [0.717, 1.165) is 25.3 Å². The third kappa shape index (κ3) is 4.16. The van der Waals surface area contributed by atoms with Crippen molar-refractivity contribution in [2.75, 3.05) is 6.54 Å². The van der Waals surface area contributed by atoms with E-state index in [0.29, 0.717) is 0 Å². The average Bonchev–Trinajstić information content (AvgIpc) is 2.52. The van der Waals surface area contributed by atoms with Gasteiger partial charge in [-0.1, -0.05) is 60.7 Å². The second-order valence-electron chi connectivity index (χ2n) is 4.86. The Hall–Kier alpha value is -2.22. The van der Waals surface area contributed by atoms with E-state index in [9.17, 15) is 0 Å². The van der Waals surface area contributed by atoms with Gasteiger partial charge in [-0.2, -0.15) is 0 Å². The van der Waals surface area contributed by atoms with Crippen LogP contribution in [0.4, 0.5) is 0 Å². The van der Waals surface area contributed by atoms with Crippen LogP contribution in [0.15, 0.2) is 72.6 Å². The Morgan fingerprint density at radius 2 is 1.50 bits per heavy atom. The van der Waals surface area contributed by atoms with Crippen LogP contribution in [-0.4, -0.2) is 11.4 Å². The molecule has 0 aliphatic heterocycles. The Labute approximate surface area is 121 Å². The largest absolute Gasteiger partial charge is 0.386 e. The highest BCUT2D eigenvalue weighted by Crippen LogP contribution is 2.10. The summed E-state index contributed by atoms with van der Waals surface area (Å²) in [6.07, 6.45) is 2.97. The summed E-state index contributed by atoms with van der Waals surface area (Å²) in [4.78, 5) is 2.22. The highest BCUT2D eigenvalue weighted by molar-refractivity contribution is 5.17. The van der Waals surface area contributed by atoms with Gasteiger partial charge < -0.3 is 10.6 Å². The molecule has 0 unspecified atom stereocenters. The molecule has 0 bridgehead atoms. The molecule has 2 rings (SSSR count). The molecule has 2 aromatic carbocycles. The lowest BCUT2D eigenvalue weighted by molar-refractivity contribution is 0.336. The zero-order chi connectivity index (χ0) is 14.2. The van der Waals surface area contributed by atoms with Gasteiger partial charge in [0.15, 0.2) is 0 Å². The first-order chi connectivity index (χ1) is 9.79. The summed E-state index contributed by atoms with van der Waals surface area (Å²) >= 11 is 0. The lowest BCUT2D eigenvalue weighted by Crippen LogP contribution is -2.29. The molecule has 0 aliphatic carbocycles. The summed E-state index contributed by atoms with van der Waals surface area (Å²) in [5.41, 5.74) is 8.74. The highest BCUT2D eigenvalue weighted by atomic mass is 15.2. The van der Waals surface area contributed by atoms with Gasteiger partial charge in [-0.15, -0.1) is 0 Å². The molecule has 0 radical (unpaired) electrons. The molecule has 0 atom stereocenters. The molecule has 104 valence electrons. The summed E-state index contributed by atoms with van der Waals surface area (Å²) < 4.78 is 0. The van der Waals surface area contributed by atoms with Gasteiger partial charge in [0.1, 0.15) is 0 Å². The van der Waals surface area contributed by atoms with Crippen molar-refractivity contribution in [1.29, 1.82) is 0 Å². The van der Waals surface area contributed by atoms with Gasteiger partial charge in [0, 0.05) is 13.1 Å². The molecular weight excluding hydrogens is 244 g/mol. The zero-order valence-electron chi connectivity index (χ0n) is 12.0. The zero-order valence-corrected chi connectivity index (χ0v) is 12.0. The molecule has 20 heavy (non-hydrogen) atoms. The van der Waals surface area contributed by atoms with Crippen LogP contribution in [0.5, 0.6) is 0 Å². The number of nitrogens with zero attached hydrogens (tertiary/aromatic N) is 1. The van der Waals surface area contributed by atoms with Crippen LogP contribution in [0.1, 0.15) is 18.1 Å². The molecule has 0 saturated carbocycles. The molecule has 0 amide bonds. The molecule has 0 spiro atoms. The molecule has 0 aliphatic rings. The molecule has 0 aromatic heterocycles. The number of nitrogens with two attached hydrogens (primary N) is 1. The molecule has 2 heteroatoms. The van der Waals surface area contributed by atoms with Crippen molar-refractivity contribution in [2.45, 2.75) is 19.9 Å². The van der Waals surface area contributed by atoms with E-state index >= 15 is 0 Å². The van der Waals surface area contributed by atoms with Crippen LogP contribution in [-0.2, 0) is 13.0 Å². The summed E-state index contributed by atoms with van der Waals surface area (Å²) in [5, 5.41) is 0. The molecule has 2 aromatic rings. The minimum Gasteiger partial charge on any atom is -0.386 e. The Morgan fingerprint density at radius 1 is 0.950 bits per heavy atom. The fraction of sp³-hybridized carbons (Fsp3) is 0.222. The maximum atomic E-state index is 6.12. The second-order valence-corrected chi connectivity index (χ2v) is 4.86. The fourth-order valence-electron chi connectivity index (χ4n) is 2.19.